The summed E-state index contributed by atoms with van der Waals surface area (Å²) >= 11 is 8.72. The Balaban J connectivity index is 3.52. The Morgan fingerprint density at radius 2 is 2.25 bits per heavy atom. The Morgan fingerprint density at radius 3 is 2.75 bits per heavy atom. The van der Waals surface area contributed by atoms with Crippen molar-refractivity contribution in [1.82, 2.24) is 0 Å². The zero-order chi connectivity index (χ0) is 9.30. The quantitative estimate of drug-likeness (QED) is 0.552. The van der Waals surface area contributed by atoms with Gasteiger partial charge in [0, 0.05) is 4.47 Å². The molecule has 0 aliphatic heterocycles. The van der Waals surface area contributed by atoms with Crippen molar-refractivity contribution in [2.24, 2.45) is 0 Å². The summed E-state index contributed by atoms with van der Waals surface area (Å²) in [7, 11) is 0. The predicted octanol–water partition coefficient (Wildman–Crippen LogP) is 3.36. The van der Waals surface area contributed by atoms with Crippen LogP contribution in [-0.4, -0.2) is 6.29 Å². The normalized spacial score (nSPS) is 10.0. The van der Waals surface area contributed by atoms with Crippen LogP contribution in [-0.2, 0) is 0 Å². The lowest BCUT2D eigenvalue weighted by atomic mass is 10.1. The predicted molar refractivity (Wildman–Crippen MR) is 49.2 cm³/mol. The highest BCUT2D eigenvalue weighted by Gasteiger charge is 2.12. The second-order valence-corrected chi connectivity index (χ2v) is 3.53. The Hall–Kier alpha value is -0.410. The maximum absolute atomic E-state index is 13.1. The van der Waals surface area contributed by atoms with Gasteiger partial charge in [-0.2, -0.15) is 0 Å². The van der Waals surface area contributed by atoms with Gasteiger partial charge in [-0.3, -0.25) is 4.79 Å². The van der Waals surface area contributed by atoms with Gasteiger partial charge in [0.05, 0.1) is 10.6 Å². The van der Waals surface area contributed by atoms with E-state index in [1.807, 2.05) is 0 Å². The Morgan fingerprint density at radius 1 is 1.67 bits per heavy atom. The maximum Gasteiger partial charge on any atom is 0.154 e. The first-order valence-electron chi connectivity index (χ1n) is 3.17. The molecule has 0 fully saturated rings. The molecule has 0 atom stereocenters. The minimum absolute atomic E-state index is 0.0278. The van der Waals surface area contributed by atoms with Gasteiger partial charge in [0.2, 0.25) is 0 Å². The molecule has 1 aromatic carbocycles. The van der Waals surface area contributed by atoms with Crippen molar-refractivity contribution in [1.29, 1.82) is 0 Å². The summed E-state index contributed by atoms with van der Waals surface area (Å²) in [4.78, 5) is 10.4. The molecule has 0 heterocycles. The zero-order valence-electron chi connectivity index (χ0n) is 6.20. The largest absolute Gasteiger partial charge is 0.298 e. The van der Waals surface area contributed by atoms with Gasteiger partial charge in [-0.1, -0.05) is 11.6 Å². The summed E-state index contributed by atoms with van der Waals surface area (Å²) in [5, 5.41) is 0.344. The van der Waals surface area contributed by atoms with Crippen LogP contribution in [0.4, 0.5) is 4.39 Å². The first-order chi connectivity index (χ1) is 5.57. The van der Waals surface area contributed by atoms with E-state index in [0.29, 0.717) is 21.3 Å². The topological polar surface area (TPSA) is 17.1 Å². The van der Waals surface area contributed by atoms with E-state index in [1.165, 1.54) is 6.07 Å². The summed E-state index contributed by atoms with van der Waals surface area (Å²) in [6, 6.07) is 1.47. The van der Waals surface area contributed by atoms with E-state index in [1.54, 1.807) is 6.92 Å². The van der Waals surface area contributed by atoms with Gasteiger partial charge in [-0.05, 0) is 34.5 Å². The lowest BCUT2D eigenvalue weighted by molar-refractivity contribution is 0.111. The van der Waals surface area contributed by atoms with Gasteiger partial charge in [0.15, 0.2) is 6.29 Å². The van der Waals surface area contributed by atoms with E-state index in [9.17, 15) is 9.18 Å². The maximum atomic E-state index is 13.1. The first kappa shape index (κ1) is 9.68. The van der Waals surface area contributed by atoms with Gasteiger partial charge in [-0.15, -0.1) is 0 Å². The number of rotatable bonds is 1. The molecule has 1 nitrogen and oxygen atoms in total. The molecule has 0 aliphatic carbocycles. The number of carbonyl (C=O) groups excluding carboxylic acids is 1. The van der Waals surface area contributed by atoms with E-state index in [2.05, 4.69) is 15.9 Å². The Kier molecular flexibility index (Phi) is 2.85. The third kappa shape index (κ3) is 1.52. The number of benzene rings is 1. The van der Waals surface area contributed by atoms with Gasteiger partial charge in [0.25, 0.3) is 0 Å². The third-order valence-electron chi connectivity index (χ3n) is 1.49. The van der Waals surface area contributed by atoms with Crippen molar-refractivity contribution < 1.29 is 9.18 Å². The van der Waals surface area contributed by atoms with Crippen molar-refractivity contribution in [2.75, 3.05) is 0 Å². The molecule has 1 rings (SSSR count). The highest BCUT2D eigenvalue weighted by atomic mass is 79.9. The van der Waals surface area contributed by atoms with Gasteiger partial charge >= 0.3 is 0 Å². The van der Waals surface area contributed by atoms with Crippen molar-refractivity contribution in [3.05, 3.63) is 32.5 Å². The molecule has 64 valence electrons. The average Bonchev–Trinajstić information content (AvgIpc) is 2.02. The lowest BCUT2D eigenvalue weighted by Crippen LogP contribution is -1.93. The van der Waals surface area contributed by atoms with Crippen molar-refractivity contribution in [3.63, 3.8) is 0 Å². The Bertz CT molecular complexity index is 312. The smallest absolute Gasteiger partial charge is 0.154 e. The van der Waals surface area contributed by atoms with E-state index >= 15 is 0 Å². The van der Waals surface area contributed by atoms with E-state index in [0.717, 1.165) is 0 Å². The fourth-order valence-corrected chi connectivity index (χ4v) is 1.51. The highest BCUT2D eigenvalue weighted by molar-refractivity contribution is 9.10. The van der Waals surface area contributed by atoms with Gasteiger partial charge in [0.1, 0.15) is 5.82 Å². The minimum atomic E-state index is -0.527. The van der Waals surface area contributed by atoms with Crippen LogP contribution in [0.1, 0.15) is 15.9 Å². The second-order valence-electron chi connectivity index (χ2n) is 2.33. The summed E-state index contributed by atoms with van der Waals surface area (Å²) in [6.07, 6.45) is 0.443. The fraction of sp³-hybridized carbons (Fsp3) is 0.125. The number of aryl methyl sites for hydroxylation is 1. The first-order valence-corrected chi connectivity index (χ1v) is 4.34. The van der Waals surface area contributed by atoms with Crippen LogP contribution in [0.5, 0.6) is 0 Å². The molecule has 0 aliphatic rings. The van der Waals surface area contributed by atoms with Crippen LogP contribution in [0.3, 0.4) is 0 Å². The molecule has 0 bridgehead atoms. The molecule has 0 aromatic heterocycles. The minimum Gasteiger partial charge on any atom is -0.298 e. The molecule has 0 amide bonds. The molecular weight excluding hydrogens is 246 g/mol. The van der Waals surface area contributed by atoms with Crippen molar-refractivity contribution in [3.8, 4) is 0 Å². The lowest BCUT2D eigenvalue weighted by Gasteiger charge is -2.03. The standard InChI is InChI=1S/C8H5BrClFO/c1-4-2-6(10)7(9)5(3-12)8(4)11/h2-3H,1H3. The molecule has 0 radical (unpaired) electrons. The van der Waals surface area contributed by atoms with E-state index in [-0.39, 0.29) is 5.56 Å². The van der Waals surface area contributed by atoms with Crippen molar-refractivity contribution >= 4 is 33.8 Å². The van der Waals surface area contributed by atoms with E-state index in [4.69, 9.17) is 11.6 Å². The summed E-state index contributed by atoms with van der Waals surface area (Å²) in [5.74, 6) is -0.527. The molecule has 1 aromatic rings. The summed E-state index contributed by atoms with van der Waals surface area (Å²) in [5.41, 5.74) is 0.338. The van der Waals surface area contributed by atoms with Crippen LogP contribution in [0.15, 0.2) is 10.5 Å². The van der Waals surface area contributed by atoms with E-state index < -0.39 is 5.82 Å². The van der Waals surface area contributed by atoms with Gasteiger partial charge in [-0.25, -0.2) is 4.39 Å². The highest BCUT2D eigenvalue weighted by Crippen LogP contribution is 2.29. The molecule has 12 heavy (non-hydrogen) atoms. The van der Waals surface area contributed by atoms with Crippen LogP contribution >= 0.6 is 27.5 Å². The molecule has 0 saturated carbocycles. The summed E-state index contributed by atoms with van der Waals surface area (Å²) in [6.45, 7) is 1.56. The molecule has 0 saturated heterocycles. The van der Waals surface area contributed by atoms with Crippen molar-refractivity contribution in [2.45, 2.75) is 6.92 Å². The molecule has 0 N–H and O–H groups in total. The number of carbonyl (C=O) groups is 1. The van der Waals surface area contributed by atoms with Crippen LogP contribution < -0.4 is 0 Å². The molecule has 4 heteroatoms. The zero-order valence-corrected chi connectivity index (χ0v) is 8.54. The fourth-order valence-electron chi connectivity index (χ4n) is 0.858. The van der Waals surface area contributed by atoms with Crippen LogP contribution in [0.25, 0.3) is 0 Å². The number of hydrogen-bond acceptors (Lipinski definition) is 1. The second kappa shape index (κ2) is 3.54. The molecular formula is C8H5BrClFO. The molecule has 0 unspecified atom stereocenters. The molecule has 0 spiro atoms. The number of aldehydes is 1. The monoisotopic (exact) mass is 250 g/mol. The number of halogens is 3. The SMILES string of the molecule is Cc1cc(Cl)c(Br)c(C=O)c1F. The van der Waals surface area contributed by atoms with Crippen LogP contribution in [0.2, 0.25) is 5.02 Å². The number of hydrogen-bond donors (Lipinski definition) is 0. The van der Waals surface area contributed by atoms with Gasteiger partial charge < -0.3 is 0 Å². The summed E-state index contributed by atoms with van der Waals surface area (Å²) < 4.78 is 13.4. The Labute approximate surface area is 82.7 Å². The third-order valence-corrected chi connectivity index (χ3v) is 2.87. The average molecular weight is 251 g/mol. The van der Waals surface area contributed by atoms with Crippen LogP contribution in [0, 0.1) is 12.7 Å².